The number of nitrogens with zero attached hydrogens (tertiary/aromatic N) is 1. The number of carbonyl (C=O) groups excluding carboxylic acids is 1. The van der Waals surface area contributed by atoms with Crippen LogP contribution in [0.2, 0.25) is 0 Å². The van der Waals surface area contributed by atoms with Crippen LogP contribution in [0.5, 0.6) is 11.5 Å². The Balaban J connectivity index is 1.74. The minimum absolute atomic E-state index is 0.0634. The number of aliphatic hydroxyl groups is 1. The summed E-state index contributed by atoms with van der Waals surface area (Å²) in [4.78, 5) is 12.1. The van der Waals surface area contributed by atoms with Gasteiger partial charge in [0, 0.05) is 24.6 Å². The predicted molar refractivity (Wildman–Crippen MR) is 142 cm³/mol. The SMILES string of the molecule is COc1cc(F)cc(-c2ccc3c(c2)N(S(=O)(=O)c2cccc(C)c2)C[C@H](CCNC(=O)C(C)(C)O)O3)c1F. The molecule has 1 heterocycles. The third-order valence-corrected chi connectivity index (χ3v) is 8.09. The molecule has 3 aromatic carbocycles. The normalized spacial score (nSPS) is 15.4. The summed E-state index contributed by atoms with van der Waals surface area (Å²) < 4.78 is 69.1. The Hall–Kier alpha value is -3.70. The third kappa shape index (κ3) is 5.99. The molecule has 0 aliphatic carbocycles. The van der Waals surface area contributed by atoms with Gasteiger partial charge in [0.15, 0.2) is 11.6 Å². The average Bonchev–Trinajstić information content (AvgIpc) is 2.88. The molecule has 11 heteroatoms. The molecule has 0 unspecified atom stereocenters. The van der Waals surface area contributed by atoms with Gasteiger partial charge in [-0.05, 0) is 62.2 Å². The predicted octanol–water partition coefficient (Wildman–Crippen LogP) is 4.18. The fourth-order valence-corrected chi connectivity index (χ4v) is 5.85. The zero-order chi connectivity index (χ0) is 28.5. The zero-order valence-corrected chi connectivity index (χ0v) is 22.8. The Labute approximate surface area is 226 Å². The minimum atomic E-state index is -4.09. The average molecular weight is 561 g/mol. The zero-order valence-electron chi connectivity index (χ0n) is 22.0. The molecule has 0 saturated carbocycles. The summed E-state index contributed by atoms with van der Waals surface area (Å²) in [5.41, 5.74) is -0.523. The molecule has 208 valence electrons. The van der Waals surface area contributed by atoms with Gasteiger partial charge < -0.3 is 19.9 Å². The molecule has 0 saturated heterocycles. The van der Waals surface area contributed by atoms with Crippen molar-refractivity contribution in [1.29, 1.82) is 0 Å². The van der Waals surface area contributed by atoms with E-state index in [1.165, 1.54) is 49.5 Å². The van der Waals surface area contributed by atoms with Gasteiger partial charge in [0.1, 0.15) is 23.3 Å². The summed E-state index contributed by atoms with van der Waals surface area (Å²) in [6, 6.07) is 12.8. The van der Waals surface area contributed by atoms with E-state index in [9.17, 15) is 22.7 Å². The van der Waals surface area contributed by atoms with Crippen molar-refractivity contribution in [2.24, 2.45) is 0 Å². The van der Waals surface area contributed by atoms with Gasteiger partial charge in [-0.1, -0.05) is 18.2 Å². The summed E-state index contributed by atoms with van der Waals surface area (Å²) in [6.45, 7) is 4.53. The highest BCUT2D eigenvalue weighted by Crippen LogP contribution is 2.41. The van der Waals surface area contributed by atoms with Gasteiger partial charge in [0.05, 0.1) is 24.2 Å². The van der Waals surface area contributed by atoms with E-state index in [1.807, 2.05) is 0 Å². The van der Waals surface area contributed by atoms with Gasteiger partial charge in [-0.3, -0.25) is 9.10 Å². The molecule has 1 aliphatic rings. The van der Waals surface area contributed by atoms with Crippen LogP contribution in [0.15, 0.2) is 59.5 Å². The Morgan fingerprint density at radius 2 is 1.92 bits per heavy atom. The van der Waals surface area contributed by atoms with E-state index in [4.69, 9.17) is 9.47 Å². The van der Waals surface area contributed by atoms with E-state index in [0.717, 1.165) is 17.7 Å². The molecule has 1 amide bonds. The first-order chi connectivity index (χ1) is 18.3. The number of aryl methyl sites for hydroxylation is 1. The third-order valence-electron chi connectivity index (χ3n) is 6.31. The van der Waals surface area contributed by atoms with Crippen LogP contribution in [-0.2, 0) is 14.8 Å². The van der Waals surface area contributed by atoms with Crippen molar-refractivity contribution < 1.29 is 36.6 Å². The maximum absolute atomic E-state index is 15.1. The molecule has 2 N–H and O–H groups in total. The summed E-state index contributed by atoms with van der Waals surface area (Å²) in [5.74, 6) is -2.13. The van der Waals surface area contributed by atoms with E-state index < -0.39 is 39.3 Å². The Morgan fingerprint density at radius 1 is 1.18 bits per heavy atom. The second-order valence-corrected chi connectivity index (χ2v) is 11.7. The van der Waals surface area contributed by atoms with Crippen LogP contribution in [0.25, 0.3) is 11.1 Å². The van der Waals surface area contributed by atoms with Crippen LogP contribution in [0.1, 0.15) is 25.8 Å². The Bertz CT molecular complexity index is 1500. The van der Waals surface area contributed by atoms with Gasteiger partial charge in [-0.15, -0.1) is 0 Å². The lowest BCUT2D eigenvalue weighted by atomic mass is 10.0. The number of carbonyl (C=O) groups is 1. The van der Waals surface area contributed by atoms with Crippen LogP contribution < -0.4 is 19.1 Å². The Kier molecular flexibility index (Phi) is 7.85. The van der Waals surface area contributed by atoms with E-state index in [-0.39, 0.29) is 52.7 Å². The van der Waals surface area contributed by atoms with Crippen LogP contribution in [0, 0.1) is 18.6 Å². The number of halogens is 2. The summed E-state index contributed by atoms with van der Waals surface area (Å²) >= 11 is 0. The van der Waals surface area contributed by atoms with E-state index in [1.54, 1.807) is 25.1 Å². The number of ether oxygens (including phenoxy) is 2. The summed E-state index contributed by atoms with van der Waals surface area (Å²) in [7, 11) is -2.87. The number of hydrogen-bond acceptors (Lipinski definition) is 6. The summed E-state index contributed by atoms with van der Waals surface area (Å²) in [6.07, 6.45) is -0.394. The monoisotopic (exact) mass is 560 g/mol. The van der Waals surface area contributed by atoms with E-state index in [0.29, 0.717) is 0 Å². The van der Waals surface area contributed by atoms with Crippen molar-refractivity contribution in [3.05, 3.63) is 71.8 Å². The molecule has 0 bridgehead atoms. The molecule has 1 atom stereocenters. The quantitative estimate of drug-likeness (QED) is 0.428. The largest absolute Gasteiger partial charge is 0.494 e. The van der Waals surface area contributed by atoms with E-state index in [2.05, 4.69) is 5.32 Å². The van der Waals surface area contributed by atoms with Crippen molar-refractivity contribution in [1.82, 2.24) is 5.32 Å². The van der Waals surface area contributed by atoms with Crippen LogP contribution in [0.4, 0.5) is 14.5 Å². The lowest BCUT2D eigenvalue weighted by Crippen LogP contribution is -2.46. The maximum Gasteiger partial charge on any atom is 0.264 e. The number of fused-ring (bicyclic) bond motifs is 1. The molecule has 0 fully saturated rings. The number of hydrogen-bond donors (Lipinski definition) is 2. The lowest BCUT2D eigenvalue weighted by molar-refractivity contribution is -0.136. The van der Waals surface area contributed by atoms with E-state index >= 15 is 4.39 Å². The minimum Gasteiger partial charge on any atom is -0.494 e. The molecule has 0 radical (unpaired) electrons. The number of benzene rings is 3. The van der Waals surface area contributed by atoms with Crippen molar-refractivity contribution >= 4 is 21.6 Å². The highest BCUT2D eigenvalue weighted by atomic mass is 32.2. The van der Waals surface area contributed by atoms with Gasteiger partial charge in [-0.25, -0.2) is 17.2 Å². The highest BCUT2D eigenvalue weighted by molar-refractivity contribution is 7.92. The molecule has 39 heavy (non-hydrogen) atoms. The first-order valence-electron chi connectivity index (χ1n) is 12.3. The van der Waals surface area contributed by atoms with Gasteiger partial charge in [0.2, 0.25) is 0 Å². The van der Waals surface area contributed by atoms with Crippen LogP contribution >= 0.6 is 0 Å². The fraction of sp³-hybridized carbons (Fsp3) is 0.321. The van der Waals surface area contributed by atoms with Crippen LogP contribution in [0.3, 0.4) is 0 Å². The lowest BCUT2D eigenvalue weighted by Gasteiger charge is -2.36. The number of methoxy groups -OCH3 is 1. The molecule has 0 spiro atoms. The van der Waals surface area contributed by atoms with Crippen molar-refractivity contribution in [2.45, 2.75) is 43.8 Å². The number of amides is 1. The van der Waals surface area contributed by atoms with Gasteiger partial charge in [-0.2, -0.15) is 0 Å². The van der Waals surface area contributed by atoms with Crippen molar-refractivity contribution in [2.75, 3.05) is 24.5 Å². The molecule has 8 nitrogen and oxygen atoms in total. The molecule has 3 aromatic rings. The number of rotatable bonds is 8. The highest BCUT2D eigenvalue weighted by Gasteiger charge is 2.35. The number of anilines is 1. The smallest absolute Gasteiger partial charge is 0.264 e. The molecule has 4 rings (SSSR count). The van der Waals surface area contributed by atoms with Gasteiger partial charge >= 0.3 is 0 Å². The van der Waals surface area contributed by atoms with Gasteiger partial charge in [0.25, 0.3) is 15.9 Å². The second-order valence-electron chi connectivity index (χ2n) is 9.85. The van der Waals surface area contributed by atoms with Crippen molar-refractivity contribution in [3.8, 4) is 22.6 Å². The molecule has 0 aromatic heterocycles. The fourth-order valence-electron chi connectivity index (χ4n) is 4.25. The number of sulfonamides is 1. The molecular formula is C28H30F2N2O6S. The topological polar surface area (TPSA) is 105 Å². The van der Waals surface area contributed by atoms with Crippen LogP contribution in [-0.4, -0.2) is 51.3 Å². The molecule has 1 aliphatic heterocycles. The first kappa shape index (κ1) is 28.3. The second kappa shape index (κ2) is 10.8. The first-order valence-corrected chi connectivity index (χ1v) is 13.7. The maximum atomic E-state index is 15.1. The number of nitrogens with one attached hydrogen (secondary N) is 1. The van der Waals surface area contributed by atoms with Crippen molar-refractivity contribution in [3.63, 3.8) is 0 Å². The molecular weight excluding hydrogens is 530 g/mol. The standard InChI is InChI=1S/C28H30F2N2O6S/c1-17-6-5-7-21(12-17)39(35,36)32-16-20(10-11-31-27(33)28(2,3)34)38-24-9-8-18(13-23(24)32)22-14-19(29)15-25(37-4)26(22)30/h5-9,12-15,20,34H,10-11,16H2,1-4H3,(H,31,33)/t20-/m0/s1. The summed E-state index contributed by atoms with van der Waals surface area (Å²) in [5, 5.41) is 12.5. The Morgan fingerprint density at radius 3 is 2.59 bits per heavy atom.